The van der Waals surface area contributed by atoms with E-state index in [0.29, 0.717) is 10.7 Å². The van der Waals surface area contributed by atoms with Gasteiger partial charge in [0.2, 0.25) is 11.8 Å². The molecule has 1 atom stereocenters. The van der Waals surface area contributed by atoms with E-state index in [1.54, 1.807) is 45.5 Å². The number of para-hydroxylation sites is 1. The van der Waals surface area contributed by atoms with Gasteiger partial charge in [-0.25, -0.2) is 0 Å². The first-order valence-electron chi connectivity index (χ1n) is 10.2. The van der Waals surface area contributed by atoms with Gasteiger partial charge >= 0.3 is 0 Å². The van der Waals surface area contributed by atoms with E-state index in [1.807, 2.05) is 18.2 Å². The molecule has 1 aliphatic heterocycles. The number of nitrogens with one attached hydrogen (secondary N) is 1. The normalized spacial score (nSPS) is 16.1. The maximum atomic E-state index is 12.8. The number of ether oxygens (including phenoxy) is 2. The standard InChI is InChI=1S/C23H28ClN3O4/c1-26(14-22(28)25-19-8-5-4-7-18(19)24)23(29)15-27-12-6-9-20(27)17-11-10-16(30-2)13-21(17)31-3/h4-5,7-8,10-11,13,20H,6,9,12,14-15H2,1-3H3,(H,25,28)/t20-/m0/s1. The van der Waals surface area contributed by atoms with Crippen LogP contribution >= 0.6 is 11.6 Å². The molecule has 0 radical (unpaired) electrons. The number of anilines is 1. The van der Waals surface area contributed by atoms with Crippen LogP contribution in [0.15, 0.2) is 42.5 Å². The Morgan fingerprint density at radius 2 is 1.97 bits per heavy atom. The summed E-state index contributed by atoms with van der Waals surface area (Å²) in [5, 5.41) is 3.20. The van der Waals surface area contributed by atoms with Crippen LogP contribution in [0, 0.1) is 0 Å². The highest BCUT2D eigenvalue weighted by Crippen LogP contribution is 2.38. The van der Waals surface area contributed by atoms with Crippen molar-refractivity contribution in [3.05, 3.63) is 53.1 Å². The lowest BCUT2D eigenvalue weighted by molar-refractivity contribution is -0.134. The van der Waals surface area contributed by atoms with Gasteiger partial charge in [-0.05, 0) is 37.6 Å². The first kappa shape index (κ1) is 22.9. The molecule has 1 aliphatic rings. The van der Waals surface area contributed by atoms with Crippen molar-refractivity contribution in [3.8, 4) is 11.5 Å². The Labute approximate surface area is 187 Å². The summed E-state index contributed by atoms with van der Waals surface area (Å²) in [6.07, 6.45) is 1.93. The Kier molecular flexibility index (Phi) is 7.76. The highest BCUT2D eigenvalue weighted by molar-refractivity contribution is 6.33. The average molecular weight is 446 g/mol. The number of likely N-dealkylation sites (N-methyl/N-ethyl adjacent to an activating group) is 1. The minimum absolute atomic E-state index is 0.0472. The van der Waals surface area contributed by atoms with Gasteiger partial charge in [0.15, 0.2) is 0 Å². The number of hydrogen-bond acceptors (Lipinski definition) is 5. The number of likely N-dealkylation sites (tertiary alicyclic amines) is 1. The molecule has 1 heterocycles. The topological polar surface area (TPSA) is 71.1 Å². The van der Waals surface area contributed by atoms with Crippen molar-refractivity contribution in [2.45, 2.75) is 18.9 Å². The van der Waals surface area contributed by atoms with E-state index in [9.17, 15) is 9.59 Å². The maximum Gasteiger partial charge on any atom is 0.244 e. The van der Waals surface area contributed by atoms with Gasteiger partial charge in [0.1, 0.15) is 11.5 Å². The van der Waals surface area contributed by atoms with Crippen molar-refractivity contribution < 1.29 is 19.1 Å². The van der Waals surface area contributed by atoms with Crippen molar-refractivity contribution in [2.24, 2.45) is 0 Å². The third-order valence-corrected chi connectivity index (χ3v) is 5.79. The molecule has 31 heavy (non-hydrogen) atoms. The van der Waals surface area contributed by atoms with E-state index >= 15 is 0 Å². The minimum Gasteiger partial charge on any atom is -0.497 e. The lowest BCUT2D eigenvalue weighted by Gasteiger charge is -2.27. The molecule has 1 saturated heterocycles. The summed E-state index contributed by atoms with van der Waals surface area (Å²) in [6.45, 7) is 0.995. The summed E-state index contributed by atoms with van der Waals surface area (Å²) in [6, 6.07) is 12.8. The van der Waals surface area contributed by atoms with Gasteiger partial charge in [-0.15, -0.1) is 0 Å². The van der Waals surface area contributed by atoms with Crippen molar-refractivity contribution in [1.29, 1.82) is 0 Å². The van der Waals surface area contributed by atoms with Gasteiger partial charge in [0, 0.05) is 24.7 Å². The Balaban J connectivity index is 1.61. The second-order valence-corrected chi connectivity index (χ2v) is 7.92. The predicted molar refractivity (Wildman–Crippen MR) is 121 cm³/mol. The number of amides is 2. The molecule has 1 fully saturated rings. The molecule has 0 bridgehead atoms. The first-order chi connectivity index (χ1) is 14.9. The van der Waals surface area contributed by atoms with Gasteiger partial charge in [0.05, 0.1) is 38.0 Å². The third kappa shape index (κ3) is 5.68. The second-order valence-electron chi connectivity index (χ2n) is 7.51. The number of benzene rings is 2. The Morgan fingerprint density at radius 3 is 2.68 bits per heavy atom. The van der Waals surface area contributed by atoms with Crippen LogP contribution in [-0.4, -0.2) is 62.5 Å². The zero-order valence-electron chi connectivity index (χ0n) is 18.1. The van der Waals surface area contributed by atoms with Crippen LogP contribution in [0.4, 0.5) is 5.69 Å². The lowest BCUT2D eigenvalue weighted by atomic mass is 10.0. The summed E-state index contributed by atoms with van der Waals surface area (Å²) >= 11 is 6.08. The number of carbonyl (C=O) groups excluding carboxylic acids is 2. The summed E-state index contributed by atoms with van der Waals surface area (Å²) in [7, 11) is 4.88. The van der Waals surface area contributed by atoms with E-state index in [-0.39, 0.29) is 30.9 Å². The van der Waals surface area contributed by atoms with E-state index in [4.69, 9.17) is 21.1 Å². The Hall–Kier alpha value is -2.77. The molecule has 0 aromatic heterocycles. The molecule has 7 nitrogen and oxygen atoms in total. The van der Waals surface area contributed by atoms with Crippen molar-refractivity contribution in [3.63, 3.8) is 0 Å². The molecular weight excluding hydrogens is 418 g/mol. The summed E-state index contributed by atoms with van der Waals surface area (Å²) in [5.74, 6) is 1.06. The third-order valence-electron chi connectivity index (χ3n) is 5.46. The Bertz CT molecular complexity index is 937. The smallest absolute Gasteiger partial charge is 0.244 e. The average Bonchev–Trinajstić information content (AvgIpc) is 3.22. The van der Waals surface area contributed by atoms with Crippen molar-refractivity contribution >= 4 is 29.1 Å². The first-order valence-corrected chi connectivity index (χ1v) is 10.5. The van der Waals surface area contributed by atoms with Crippen LogP contribution in [-0.2, 0) is 9.59 Å². The molecule has 2 aromatic rings. The number of rotatable bonds is 8. The van der Waals surface area contributed by atoms with Crippen LogP contribution in [0.25, 0.3) is 0 Å². The molecule has 0 saturated carbocycles. The largest absolute Gasteiger partial charge is 0.497 e. The van der Waals surface area contributed by atoms with E-state index in [0.717, 1.165) is 36.4 Å². The van der Waals surface area contributed by atoms with Crippen LogP contribution in [0.1, 0.15) is 24.4 Å². The molecule has 0 unspecified atom stereocenters. The zero-order chi connectivity index (χ0) is 22.4. The molecule has 2 amide bonds. The van der Waals surface area contributed by atoms with Gasteiger partial charge in [-0.2, -0.15) is 0 Å². The molecular formula is C23H28ClN3O4. The Morgan fingerprint density at radius 1 is 1.19 bits per heavy atom. The van der Waals surface area contributed by atoms with E-state index in [1.165, 1.54) is 4.90 Å². The summed E-state index contributed by atoms with van der Waals surface area (Å²) in [4.78, 5) is 28.7. The monoisotopic (exact) mass is 445 g/mol. The molecule has 8 heteroatoms. The molecule has 0 aliphatic carbocycles. The number of carbonyl (C=O) groups is 2. The highest BCUT2D eigenvalue weighted by atomic mass is 35.5. The van der Waals surface area contributed by atoms with Crippen LogP contribution in [0.3, 0.4) is 0 Å². The van der Waals surface area contributed by atoms with Crippen molar-refractivity contribution in [1.82, 2.24) is 9.80 Å². The molecule has 3 rings (SSSR count). The fourth-order valence-corrected chi connectivity index (χ4v) is 3.99. The number of halogens is 1. The quantitative estimate of drug-likeness (QED) is 0.672. The number of hydrogen-bond donors (Lipinski definition) is 1. The van der Waals surface area contributed by atoms with Gasteiger partial charge in [0.25, 0.3) is 0 Å². The summed E-state index contributed by atoms with van der Waals surface area (Å²) in [5.41, 5.74) is 1.56. The fraction of sp³-hybridized carbons (Fsp3) is 0.391. The van der Waals surface area contributed by atoms with Gasteiger partial charge < -0.3 is 19.7 Å². The zero-order valence-corrected chi connectivity index (χ0v) is 18.8. The van der Waals surface area contributed by atoms with Crippen LogP contribution in [0.5, 0.6) is 11.5 Å². The molecule has 0 spiro atoms. The number of methoxy groups -OCH3 is 2. The highest BCUT2D eigenvalue weighted by Gasteiger charge is 2.30. The summed E-state index contributed by atoms with van der Waals surface area (Å²) < 4.78 is 10.8. The SMILES string of the molecule is COc1ccc([C@@H]2CCCN2CC(=O)N(C)CC(=O)Nc2ccccc2Cl)c(OC)c1. The van der Waals surface area contributed by atoms with Crippen LogP contribution < -0.4 is 14.8 Å². The number of nitrogens with zero attached hydrogens (tertiary/aromatic N) is 2. The molecule has 166 valence electrons. The second kappa shape index (κ2) is 10.5. The maximum absolute atomic E-state index is 12.8. The van der Waals surface area contributed by atoms with Gasteiger partial charge in [-0.3, -0.25) is 14.5 Å². The molecule has 1 N–H and O–H groups in total. The molecule has 2 aromatic carbocycles. The minimum atomic E-state index is -0.293. The van der Waals surface area contributed by atoms with E-state index < -0.39 is 0 Å². The van der Waals surface area contributed by atoms with E-state index in [2.05, 4.69) is 10.2 Å². The fourth-order valence-electron chi connectivity index (χ4n) is 3.81. The van der Waals surface area contributed by atoms with Crippen LogP contribution in [0.2, 0.25) is 5.02 Å². The van der Waals surface area contributed by atoms with Gasteiger partial charge in [-0.1, -0.05) is 29.8 Å². The predicted octanol–water partition coefficient (Wildman–Crippen LogP) is 3.59. The lowest BCUT2D eigenvalue weighted by Crippen LogP contribution is -2.41. The van der Waals surface area contributed by atoms with Crippen molar-refractivity contribution in [2.75, 3.05) is 46.2 Å².